The van der Waals surface area contributed by atoms with Gasteiger partial charge in [0.25, 0.3) is 0 Å². The van der Waals surface area contributed by atoms with Gasteiger partial charge in [-0.2, -0.15) is 0 Å². The van der Waals surface area contributed by atoms with Crippen LogP contribution >= 0.6 is 15.9 Å². The first-order chi connectivity index (χ1) is 5.92. The fourth-order valence-electron chi connectivity index (χ4n) is 1.71. The summed E-state index contributed by atoms with van der Waals surface area (Å²) in [4.78, 5) is 0. The van der Waals surface area contributed by atoms with Gasteiger partial charge in [-0.25, -0.2) is 0 Å². The second kappa shape index (κ2) is 3.48. The molecule has 12 heavy (non-hydrogen) atoms. The topological polar surface area (TPSA) is 12.0 Å². The Labute approximate surface area is 81.3 Å². The van der Waals surface area contributed by atoms with Crippen LogP contribution in [-0.4, -0.2) is 11.9 Å². The molecule has 1 atom stereocenters. The lowest BCUT2D eigenvalue weighted by Gasteiger charge is -2.24. The zero-order chi connectivity index (χ0) is 8.39. The minimum absolute atomic E-state index is 0.697. The van der Waals surface area contributed by atoms with E-state index in [0.717, 1.165) is 11.9 Å². The van der Waals surface area contributed by atoms with Crippen molar-refractivity contribution in [3.63, 3.8) is 0 Å². The van der Waals surface area contributed by atoms with Crippen molar-refractivity contribution in [2.75, 3.05) is 17.2 Å². The molecule has 0 spiro atoms. The van der Waals surface area contributed by atoms with Gasteiger partial charge in [0.2, 0.25) is 0 Å². The summed E-state index contributed by atoms with van der Waals surface area (Å²) in [6, 6.07) is 8.57. The Morgan fingerprint density at radius 3 is 3.08 bits per heavy atom. The van der Waals surface area contributed by atoms with E-state index in [-0.39, 0.29) is 0 Å². The lowest BCUT2D eigenvalue weighted by atomic mass is 9.93. The van der Waals surface area contributed by atoms with Crippen LogP contribution in [-0.2, 0) is 0 Å². The second-order valence-electron chi connectivity index (χ2n) is 3.15. The van der Waals surface area contributed by atoms with Crippen LogP contribution in [0.1, 0.15) is 17.9 Å². The van der Waals surface area contributed by atoms with Crippen LogP contribution < -0.4 is 5.32 Å². The van der Waals surface area contributed by atoms with E-state index < -0.39 is 0 Å². The number of halogens is 1. The molecule has 1 aromatic rings. The maximum Gasteiger partial charge on any atom is 0.0375 e. The van der Waals surface area contributed by atoms with Gasteiger partial charge in [0.05, 0.1) is 0 Å². The molecule has 0 fully saturated rings. The molecule has 1 N–H and O–H groups in total. The quantitative estimate of drug-likeness (QED) is 0.726. The summed E-state index contributed by atoms with van der Waals surface area (Å²) in [6.45, 7) is 1.10. The van der Waals surface area contributed by atoms with Crippen molar-refractivity contribution in [3.05, 3.63) is 29.8 Å². The van der Waals surface area contributed by atoms with Gasteiger partial charge in [-0.1, -0.05) is 34.1 Å². The van der Waals surface area contributed by atoms with Gasteiger partial charge < -0.3 is 5.32 Å². The van der Waals surface area contributed by atoms with E-state index in [1.165, 1.54) is 17.7 Å². The van der Waals surface area contributed by atoms with Crippen molar-refractivity contribution in [3.8, 4) is 0 Å². The zero-order valence-electron chi connectivity index (χ0n) is 6.89. The SMILES string of the molecule is BrCC1CCNc2ccccc21. The summed E-state index contributed by atoms with van der Waals surface area (Å²) in [7, 11) is 0. The smallest absolute Gasteiger partial charge is 0.0375 e. The number of nitrogens with one attached hydrogen (secondary N) is 1. The predicted molar refractivity (Wildman–Crippen MR) is 56.1 cm³/mol. The maximum atomic E-state index is 3.55. The van der Waals surface area contributed by atoms with Crippen LogP contribution in [0.5, 0.6) is 0 Å². The van der Waals surface area contributed by atoms with E-state index in [1.807, 2.05) is 0 Å². The summed E-state index contributed by atoms with van der Waals surface area (Å²) in [6.07, 6.45) is 1.24. The fourth-order valence-corrected chi connectivity index (χ4v) is 2.38. The second-order valence-corrected chi connectivity index (χ2v) is 3.80. The standard InChI is InChI=1S/C10H12BrN/c11-7-8-5-6-12-10-4-2-1-3-9(8)10/h1-4,8,12H,5-7H2. The molecular formula is C10H12BrN. The Balaban J connectivity index is 2.37. The van der Waals surface area contributed by atoms with Crippen LogP contribution in [0.3, 0.4) is 0 Å². The average molecular weight is 226 g/mol. The number of hydrogen-bond acceptors (Lipinski definition) is 1. The molecule has 1 aromatic carbocycles. The van der Waals surface area contributed by atoms with Gasteiger partial charge in [0, 0.05) is 17.6 Å². The number of rotatable bonds is 1. The van der Waals surface area contributed by atoms with E-state index in [2.05, 4.69) is 45.5 Å². The Hall–Kier alpha value is -0.500. The highest BCUT2D eigenvalue weighted by Crippen LogP contribution is 2.32. The number of fused-ring (bicyclic) bond motifs is 1. The van der Waals surface area contributed by atoms with Crippen molar-refractivity contribution in [1.29, 1.82) is 0 Å². The number of para-hydroxylation sites is 1. The normalized spacial score (nSPS) is 21.2. The van der Waals surface area contributed by atoms with Crippen LogP contribution in [0.15, 0.2) is 24.3 Å². The summed E-state index contributed by atoms with van der Waals surface area (Å²) >= 11 is 3.55. The van der Waals surface area contributed by atoms with Crippen molar-refractivity contribution in [2.45, 2.75) is 12.3 Å². The lowest BCUT2D eigenvalue weighted by Crippen LogP contribution is -2.17. The minimum atomic E-state index is 0.697. The maximum absolute atomic E-state index is 3.55. The molecule has 0 saturated heterocycles. The van der Waals surface area contributed by atoms with Crippen LogP contribution in [0.25, 0.3) is 0 Å². The van der Waals surface area contributed by atoms with E-state index in [4.69, 9.17) is 0 Å². The van der Waals surface area contributed by atoms with Gasteiger partial charge in [-0.05, 0) is 24.0 Å². The van der Waals surface area contributed by atoms with E-state index in [1.54, 1.807) is 0 Å². The largest absolute Gasteiger partial charge is 0.385 e. The molecule has 1 heterocycles. The summed E-state index contributed by atoms with van der Waals surface area (Å²) in [5, 5.41) is 4.48. The summed E-state index contributed by atoms with van der Waals surface area (Å²) in [5.74, 6) is 0.697. The third kappa shape index (κ3) is 1.36. The van der Waals surface area contributed by atoms with Crippen molar-refractivity contribution in [2.24, 2.45) is 0 Å². The van der Waals surface area contributed by atoms with Gasteiger partial charge in [-0.3, -0.25) is 0 Å². The molecule has 0 amide bonds. The third-order valence-electron chi connectivity index (χ3n) is 2.40. The number of alkyl halides is 1. The molecule has 1 aliphatic heterocycles. The summed E-state index contributed by atoms with van der Waals surface area (Å²) < 4.78 is 0. The number of hydrogen-bond donors (Lipinski definition) is 1. The molecule has 0 bridgehead atoms. The van der Waals surface area contributed by atoms with Crippen molar-refractivity contribution in [1.82, 2.24) is 0 Å². The third-order valence-corrected chi connectivity index (χ3v) is 3.18. The Morgan fingerprint density at radius 1 is 1.42 bits per heavy atom. The van der Waals surface area contributed by atoms with Crippen LogP contribution in [0.4, 0.5) is 5.69 Å². The molecule has 1 unspecified atom stereocenters. The van der Waals surface area contributed by atoms with Gasteiger partial charge in [0.1, 0.15) is 0 Å². The Kier molecular flexibility index (Phi) is 2.35. The minimum Gasteiger partial charge on any atom is -0.385 e. The van der Waals surface area contributed by atoms with Gasteiger partial charge in [0.15, 0.2) is 0 Å². The van der Waals surface area contributed by atoms with E-state index in [0.29, 0.717) is 5.92 Å². The predicted octanol–water partition coefficient (Wildman–Crippen LogP) is 2.98. The van der Waals surface area contributed by atoms with Crippen LogP contribution in [0, 0.1) is 0 Å². The van der Waals surface area contributed by atoms with E-state index >= 15 is 0 Å². The fraction of sp³-hybridized carbons (Fsp3) is 0.400. The number of benzene rings is 1. The molecule has 0 aromatic heterocycles. The molecule has 2 rings (SSSR count). The molecule has 0 radical (unpaired) electrons. The van der Waals surface area contributed by atoms with Gasteiger partial charge in [-0.15, -0.1) is 0 Å². The Morgan fingerprint density at radius 2 is 2.25 bits per heavy atom. The monoisotopic (exact) mass is 225 g/mol. The molecular weight excluding hydrogens is 214 g/mol. The van der Waals surface area contributed by atoms with Gasteiger partial charge >= 0.3 is 0 Å². The summed E-state index contributed by atoms with van der Waals surface area (Å²) in [5.41, 5.74) is 2.77. The number of anilines is 1. The van der Waals surface area contributed by atoms with Crippen LogP contribution in [0.2, 0.25) is 0 Å². The first-order valence-electron chi connectivity index (χ1n) is 4.30. The Bertz CT molecular complexity index is 272. The molecule has 1 nitrogen and oxygen atoms in total. The first-order valence-corrected chi connectivity index (χ1v) is 5.42. The van der Waals surface area contributed by atoms with E-state index in [9.17, 15) is 0 Å². The lowest BCUT2D eigenvalue weighted by molar-refractivity contribution is 0.696. The molecule has 2 heteroatoms. The highest BCUT2D eigenvalue weighted by Gasteiger charge is 2.17. The average Bonchev–Trinajstić information content (AvgIpc) is 2.17. The molecule has 64 valence electrons. The zero-order valence-corrected chi connectivity index (χ0v) is 8.47. The highest BCUT2D eigenvalue weighted by molar-refractivity contribution is 9.09. The highest BCUT2D eigenvalue weighted by atomic mass is 79.9. The van der Waals surface area contributed by atoms with Crippen molar-refractivity contribution >= 4 is 21.6 Å². The first kappa shape index (κ1) is 8.11. The molecule has 0 aliphatic carbocycles. The molecule has 0 saturated carbocycles. The van der Waals surface area contributed by atoms with Crippen molar-refractivity contribution < 1.29 is 0 Å². The molecule has 1 aliphatic rings.